The van der Waals surface area contributed by atoms with Gasteiger partial charge in [-0.05, 0) is 31.9 Å². The van der Waals surface area contributed by atoms with Crippen molar-refractivity contribution in [3.05, 3.63) is 29.6 Å². The first-order chi connectivity index (χ1) is 8.27. The van der Waals surface area contributed by atoms with Gasteiger partial charge in [0.1, 0.15) is 5.82 Å². The van der Waals surface area contributed by atoms with E-state index in [1.54, 1.807) is 6.07 Å². The summed E-state index contributed by atoms with van der Waals surface area (Å²) in [5.41, 5.74) is 0.940. The second kappa shape index (κ2) is 5.30. The van der Waals surface area contributed by atoms with Crippen molar-refractivity contribution in [2.45, 2.75) is 38.6 Å². The van der Waals surface area contributed by atoms with E-state index in [4.69, 9.17) is 0 Å². The van der Waals surface area contributed by atoms with Crippen LogP contribution in [0.3, 0.4) is 0 Å². The third-order valence-electron chi connectivity index (χ3n) is 3.56. The molecule has 0 amide bonds. The molecule has 1 fully saturated rings. The number of carbonyl (C=O) groups is 1. The zero-order valence-electron chi connectivity index (χ0n) is 10.2. The van der Waals surface area contributed by atoms with E-state index < -0.39 is 5.82 Å². The number of anilines is 1. The van der Waals surface area contributed by atoms with Gasteiger partial charge in [-0.15, -0.1) is 0 Å². The van der Waals surface area contributed by atoms with Crippen molar-refractivity contribution in [3.8, 4) is 0 Å². The zero-order chi connectivity index (χ0) is 12.3. The largest absolute Gasteiger partial charge is 0.368 e. The van der Waals surface area contributed by atoms with Gasteiger partial charge >= 0.3 is 0 Å². The van der Waals surface area contributed by atoms with Gasteiger partial charge in [0, 0.05) is 12.6 Å². The third kappa shape index (κ3) is 2.33. The highest BCUT2D eigenvalue weighted by molar-refractivity contribution is 5.85. The van der Waals surface area contributed by atoms with Gasteiger partial charge in [0.15, 0.2) is 6.29 Å². The standard InChI is InChI=1S/C14H18FNO/c1-2-16(11-6-3-4-7-11)14-9-5-8-13(15)12(14)10-17/h5,8-11H,2-4,6-7H2,1H3. The highest BCUT2D eigenvalue weighted by atomic mass is 19.1. The fraction of sp³-hybridized carbons (Fsp3) is 0.500. The highest BCUT2D eigenvalue weighted by Crippen LogP contribution is 2.30. The van der Waals surface area contributed by atoms with E-state index in [0.29, 0.717) is 12.3 Å². The molecule has 0 aliphatic heterocycles. The predicted octanol–water partition coefficient (Wildman–Crippen LogP) is 3.41. The molecule has 1 aliphatic carbocycles. The molecule has 3 heteroatoms. The van der Waals surface area contributed by atoms with Crippen LogP contribution in [0.4, 0.5) is 10.1 Å². The molecule has 1 aromatic carbocycles. The Balaban J connectivity index is 2.35. The zero-order valence-corrected chi connectivity index (χ0v) is 10.2. The van der Waals surface area contributed by atoms with Gasteiger partial charge < -0.3 is 4.90 Å². The van der Waals surface area contributed by atoms with Crippen LogP contribution >= 0.6 is 0 Å². The average molecular weight is 235 g/mol. The van der Waals surface area contributed by atoms with E-state index in [1.807, 2.05) is 6.07 Å². The summed E-state index contributed by atoms with van der Waals surface area (Å²) in [6.07, 6.45) is 5.37. The van der Waals surface area contributed by atoms with Crippen LogP contribution in [0, 0.1) is 5.82 Å². The summed E-state index contributed by atoms with van der Waals surface area (Å²) in [6.45, 7) is 2.87. The topological polar surface area (TPSA) is 20.3 Å². The Hall–Kier alpha value is -1.38. The molecule has 1 aromatic rings. The van der Waals surface area contributed by atoms with E-state index in [2.05, 4.69) is 11.8 Å². The van der Waals surface area contributed by atoms with Crippen LogP contribution in [0.2, 0.25) is 0 Å². The molecule has 2 rings (SSSR count). The highest BCUT2D eigenvalue weighted by Gasteiger charge is 2.24. The van der Waals surface area contributed by atoms with Crippen molar-refractivity contribution >= 4 is 12.0 Å². The average Bonchev–Trinajstić information content (AvgIpc) is 2.84. The third-order valence-corrected chi connectivity index (χ3v) is 3.56. The minimum atomic E-state index is -0.422. The fourth-order valence-electron chi connectivity index (χ4n) is 2.73. The lowest BCUT2D eigenvalue weighted by Gasteiger charge is -2.31. The normalized spacial score (nSPS) is 16.1. The Morgan fingerprint density at radius 2 is 2.12 bits per heavy atom. The van der Waals surface area contributed by atoms with Crippen LogP contribution in [-0.2, 0) is 0 Å². The Morgan fingerprint density at radius 1 is 1.41 bits per heavy atom. The quantitative estimate of drug-likeness (QED) is 0.745. The van der Waals surface area contributed by atoms with Crippen molar-refractivity contribution < 1.29 is 9.18 Å². The Morgan fingerprint density at radius 3 is 2.71 bits per heavy atom. The first-order valence-electron chi connectivity index (χ1n) is 6.28. The first-order valence-corrected chi connectivity index (χ1v) is 6.28. The van der Waals surface area contributed by atoms with Gasteiger partial charge in [-0.1, -0.05) is 18.9 Å². The molecule has 17 heavy (non-hydrogen) atoms. The maximum atomic E-state index is 13.6. The maximum Gasteiger partial charge on any atom is 0.155 e. The van der Waals surface area contributed by atoms with E-state index in [-0.39, 0.29) is 5.56 Å². The molecule has 0 heterocycles. The number of hydrogen-bond donors (Lipinski definition) is 0. The van der Waals surface area contributed by atoms with Crippen molar-refractivity contribution in [2.75, 3.05) is 11.4 Å². The van der Waals surface area contributed by atoms with Crippen molar-refractivity contribution in [3.63, 3.8) is 0 Å². The van der Waals surface area contributed by atoms with Crippen LogP contribution in [-0.4, -0.2) is 18.9 Å². The van der Waals surface area contributed by atoms with Crippen molar-refractivity contribution in [1.29, 1.82) is 0 Å². The maximum absolute atomic E-state index is 13.6. The Bertz CT molecular complexity index is 399. The SMILES string of the molecule is CCN(c1cccc(F)c1C=O)C1CCCC1. The number of rotatable bonds is 4. The molecular weight excluding hydrogens is 217 g/mol. The van der Waals surface area contributed by atoms with E-state index in [0.717, 1.165) is 25.1 Å². The van der Waals surface area contributed by atoms with E-state index in [1.165, 1.54) is 18.9 Å². The van der Waals surface area contributed by atoms with Gasteiger partial charge in [0.25, 0.3) is 0 Å². The molecule has 0 N–H and O–H groups in total. The number of benzene rings is 1. The van der Waals surface area contributed by atoms with Gasteiger partial charge in [-0.25, -0.2) is 4.39 Å². The number of carbonyl (C=O) groups excluding carboxylic acids is 1. The summed E-state index contributed by atoms with van der Waals surface area (Å²) >= 11 is 0. The summed E-state index contributed by atoms with van der Waals surface area (Å²) < 4.78 is 13.6. The second-order valence-electron chi connectivity index (χ2n) is 4.51. The second-order valence-corrected chi connectivity index (χ2v) is 4.51. The monoisotopic (exact) mass is 235 g/mol. The van der Waals surface area contributed by atoms with Crippen LogP contribution in [0.1, 0.15) is 43.0 Å². The molecule has 1 aliphatic rings. The lowest BCUT2D eigenvalue weighted by molar-refractivity contribution is 0.112. The minimum Gasteiger partial charge on any atom is -0.368 e. The van der Waals surface area contributed by atoms with Gasteiger partial charge in [-0.3, -0.25) is 4.79 Å². The first kappa shape index (κ1) is 12.1. The lowest BCUT2D eigenvalue weighted by atomic mass is 10.1. The summed E-state index contributed by atoms with van der Waals surface area (Å²) in [5, 5.41) is 0. The summed E-state index contributed by atoms with van der Waals surface area (Å²) in [5.74, 6) is -0.422. The molecule has 1 saturated carbocycles. The summed E-state index contributed by atoms with van der Waals surface area (Å²) in [6, 6.07) is 5.32. The Labute approximate surface area is 101 Å². The minimum absolute atomic E-state index is 0.196. The number of hydrogen-bond acceptors (Lipinski definition) is 2. The van der Waals surface area contributed by atoms with Gasteiger partial charge in [-0.2, -0.15) is 0 Å². The molecule has 0 spiro atoms. The molecule has 0 atom stereocenters. The summed E-state index contributed by atoms with van der Waals surface area (Å²) in [4.78, 5) is 13.2. The van der Waals surface area contributed by atoms with Gasteiger partial charge in [0.2, 0.25) is 0 Å². The summed E-state index contributed by atoms with van der Waals surface area (Å²) in [7, 11) is 0. The molecule has 2 nitrogen and oxygen atoms in total. The molecule has 0 aromatic heterocycles. The number of aldehydes is 1. The van der Waals surface area contributed by atoms with E-state index >= 15 is 0 Å². The van der Waals surface area contributed by atoms with E-state index in [9.17, 15) is 9.18 Å². The molecular formula is C14H18FNO. The van der Waals surface area contributed by atoms with Crippen molar-refractivity contribution in [2.24, 2.45) is 0 Å². The lowest BCUT2D eigenvalue weighted by Crippen LogP contribution is -2.33. The molecule has 0 radical (unpaired) electrons. The van der Waals surface area contributed by atoms with Crippen LogP contribution < -0.4 is 4.90 Å². The molecule has 0 bridgehead atoms. The molecule has 0 unspecified atom stereocenters. The fourth-order valence-corrected chi connectivity index (χ4v) is 2.73. The van der Waals surface area contributed by atoms with Crippen LogP contribution in [0.25, 0.3) is 0 Å². The number of nitrogens with zero attached hydrogens (tertiary/aromatic N) is 1. The molecule has 0 saturated heterocycles. The van der Waals surface area contributed by atoms with Gasteiger partial charge in [0.05, 0.1) is 11.3 Å². The predicted molar refractivity (Wildman–Crippen MR) is 67.1 cm³/mol. The van der Waals surface area contributed by atoms with Crippen LogP contribution in [0.5, 0.6) is 0 Å². The molecule has 92 valence electrons. The van der Waals surface area contributed by atoms with Crippen molar-refractivity contribution in [1.82, 2.24) is 0 Å². The van der Waals surface area contributed by atoms with Crippen LogP contribution in [0.15, 0.2) is 18.2 Å². The smallest absolute Gasteiger partial charge is 0.155 e. The number of halogens is 1. The Kier molecular flexibility index (Phi) is 3.77.